The van der Waals surface area contributed by atoms with E-state index in [2.05, 4.69) is 16.5 Å². The molecule has 1 aromatic heterocycles. The average Bonchev–Trinajstić information content (AvgIpc) is 3.10. The smallest absolute Gasteiger partial charge is 0.255 e. The number of piperidine rings is 1. The molecular formula is C14H21N3O2S. The van der Waals surface area contributed by atoms with Gasteiger partial charge < -0.3 is 14.6 Å². The van der Waals surface area contributed by atoms with Gasteiger partial charge >= 0.3 is 0 Å². The molecule has 110 valence electrons. The number of amides is 1. The molecule has 1 amide bonds. The minimum absolute atomic E-state index is 0.0838. The Hall–Kier alpha value is -1.01. The third-order valence-corrected chi connectivity index (χ3v) is 5.69. The summed E-state index contributed by atoms with van der Waals surface area (Å²) < 4.78 is 2.08. The van der Waals surface area contributed by atoms with Crippen LogP contribution in [0.1, 0.15) is 25.8 Å². The van der Waals surface area contributed by atoms with Crippen LogP contribution >= 0.6 is 11.8 Å². The third-order valence-electron chi connectivity index (χ3n) is 4.51. The highest BCUT2D eigenvalue weighted by Crippen LogP contribution is 2.33. The van der Waals surface area contributed by atoms with Gasteiger partial charge in [0.15, 0.2) is 5.60 Å². The quantitative estimate of drug-likeness (QED) is 0.889. The van der Waals surface area contributed by atoms with E-state index in [4.69, 9.17) is 0 Å². The first-order valence-electron chi connectivity index (χ1n) is 7.17. The summed E-state index contributed by atoms with van der Waals surface area (Å²) in [6.07, 6.45) is 7.09. The van der Waals surface area contributed by atoms with Crippen LogP contribution in [0, 0.1) is 5.92 Å². The van der Waals surface area contributed by atoms with Crippen LogP contribution in [0.2, 0.25) is 0 Å². The Morgan fingerprint density at radius 1 is 1.55 bits per heavy atom. The molecule has 0 radical (unpaired) electrons. The molecule has 5 nitrogen and oxygen atoms in total. The molecule has 0 spiro atoms. The molecule has 1 aromatic rings. The highest BCUT2D eigenvalue weighted by atomic mass is 32.2. The van der Waals surface area contributed by atoms with Gasteiger partial charge in [0.05, 0.1) is 12.4 Å². The van der Waals surface area contributed by atoms with Crippen molar-refractivity contribution in [2.75, 3.05) is 24.6 Å². The van der Waals surface area contributed by atoms with E-state index in [0.717, 1.165) is 18.7 Å². The monoisotopic (exact) mass is 295 g/mol. The van der Waals surface area contributed by atoms with Crippen molar-refractivity contribution in [3.8, 4) is 0 Å². The maximum Gasteiger partial charge on any atom is 0.255 e. The summed E-state index contributed by atoms with van der Waals surface area (Å²) in [4.78, 5) is 18.5. The van der Waals surface area contributed by atoms with Crippen LogP contribution in [0.5, 0.6) is 0 Å². The van der Waals surface area contributed by atoms with E-state index in [1.54, 1.807) is 18.0 Å². The van der Waals surface area contributed by atoms with Crippen molar-refractivity contribution in [3.05, 3.63) is 18.7 Å². The molecule has 1 N–H and O–H groups in total. The molecule has 20 heavy (non-hydrogen) atoms. The number of hydrogen-bond acceptors (Lipinski definition) is 4. The summed E-state index contributed by atoms with van der Waals surface area (Å²) in [5, 5.41) is 10.5. The number of carbonyl (C=O) groups excluding carboxylic acids is 1. The van der Waals surface area contributed by atoms with E-state index in [1.807, 2.05) is 17.4 Å². The van der Waals surface area contributed by atoms with Crippen molar-refractivity contribution in [1.82, 2.24) is 14.5 Å². The molecule has 6 heteroatoms. The molecule has 2 aliphatic heterocycles. The Morgan fingerprint density at radius 3 is 3.05 bits per heavy atom. The summed E-state index contributed by atoms with van der Waals surface area (Å²) in [6.45, 7) is 3.63. The number of aromatic nitrogens is 2. The van der Waals surface area contributed by atoms with Gasteiger partial charge in [0.25, 0.3) is 5.91 Å². The molecule has 2 aliphatic rings. The Bertz CT molecular complexity index is 471. The van der Waals surface area contributed by atoms with Gasteiger partial charge in [-0.1, -0.05) is 6.92 Å². The topological polar surface area (TPSA) is 58.4 Å². The van der Waals surface area contributed by atoms with Crippen LogP contribution in [0.4, 0.5) is 0 Å². The van der Waals surface area contributed by atoms with Gasteiger partial charge in [0.1, 0.15) is 0 Å². The predicted octanol–water partition coefficient (Wildman–Crippen LogP) is 1.16. The number of likely N-dealkylation sites (tertiary alicyclic amines) is 1. The standard InChI is InChI=1S/C14H21N3O2S/c1-11-2-5-16(8-12(11)17-6-4-15-10-17)13(18)14(19)3-7-20-9-14/h4,6,10-12,19H,2-3,5,7-9H2,1H3. The Labute approximate surface area is 123 Å². The van der Waals surface area contributed by atoms with Crippen LogP contribution in [-0.2, 0) is 4.79 Å². The van der Waals surface area contributed by atoms with E-state index in [-0.39, 0.29) is 11.9 Å². The molecular weight excluding hydrogens is 274 g/mol. The van der Waals surface area contributed by atoms with Crippen molar-refractivity contribution in [3.63, 3.8) is 0 Å². The van der Waals surface area contributed by atoms with E-state index in [1.165, 1.54) is 0 Å². The molecule has 3 atom stereocenters. The number of nitrogens with zero attached hydrogens (tertiary/aromatic N) is 3. The highest BCUT2D eigenvalue weighted by Gasteiger charge is 2.44. The first-order valence-corrected chi connectivity index (χ1v) is 8.32. The van der Waals surface area contributed by atoms with E-state index in [9.17, 15) is 9.90 Å². The third kappa shape index (κ3) is 2.46. The molecule has 2 fully saturated rings. The Kier molecular flexibility index (Phi) is 3.77. The lowest BCUT2D eigenvalue weighted by molar-refractivity contribution is -0.151. The largest absolute Gasteiger partial charge is 0.379 e. The summed E-state index contributed by atoms with van der Waals surface area (Å²) >= 11 is 1.66. The van der Waals surface area contributed by atoms with Gasteiger partial charge in [0, 0.05) is 31.2 Å². The zero-order valence-corrected chi connectivity index (χ0v) is 12.6. The number of rotatable bonds is 2. The highest BCUT2D eigenvalue weighted by molar-refractivity contribution is 7.99. The van der Waals surface area contributed by atoms with E-state index < -0.39 is 5.60 Å². The van der Waals surface area contributed by atoms with Gasteiger partial charge in [-0.05, 0) is 24.5 Å². The maximum absolute atomic E-state index is 12.6. The van der Waals surface area contributed by atoms with E-state index >= 15 is 0 Å². The van der Waals surface area contributed by atoms with Crippen molar-refractivity contribution in [2.45, 2.75) is 31.4 Å². The van der Waals surface area contributed by atoms with Gasteiger partial charge in [-0.2, -0.15) is 11.8 Å². The lowest BCUT2D eigenvalue weighted by Gasteiger charge is -2.40. The van der Waals surface area contributed by atoms with E-state index in [0.29, 0.717) is 24.6 Å². The van der Waals surface area contributed by atoms with Crippen molar-refractivity contribution < 1.29 is 9.90 Å². The van der Waals surface area contributed by atoms with Gasteiger partial charge in [-0.15, -0.1) is 0 Å². The second-order valence-electron chi connectivity index (χ2n) is 5.93. The molecule has 3 heterocycles. The first kappa shape index (κ1) is 13.9. The molecule has 0 aliphatic carbocycles. The minimum atomic E-state index is -1.13. The molecule has 0 bridgehead atoms. The minimum Gasteiger partial charge on any atom is -0.379 e. The summed E-state index contributed by atoms with van der Waals surface area (Å²) in [5.41, 5.74) is -1.13. The number of carbonyl (C=O) groups is 1. The SMILES string of the molecule is CC1CCN(C(=O)C2(O)CCSC2)CC1n1ccnc1. The molecule has 3 unspecified atom stereocenters. The average molecular weight is 295 g/mol. The lowest BCUT2D eigenvalue weighted by atomic mass is 9.91. The normalized spacial score (nSPS) is 34.4. The maximum atomic E-state index is 12.6. The second-order valence-corrected chi connectivity index (χ2v) is 7.03. The Morgan fingerprint density at radius 2 is 2.40 bits per heavy atom. The summed E-state index contributed by atoms with van der Waals surface area (Å²) in [7, 11) is 0. The molecule has 0 aromatic carbocycles. The van der Waals surface area contributed by atoms with Crippen molar-refractivity contribution >= 4 is 17.7 Å². The fourth-order valence-corrected chi connectivity index (χ4v) is 4.34. The van der Waals surface area contributed by atoms with Crippen molar-refractivity contribution in [2.24, 2.45) is 5.92 Å². The van der Waals surface area contributed by atoms with Crippen LogP contribution in [0.3, 0.4) is 0 Å². The zero-order chi connectivity index (χ0) is 14.2. The van der Waals surface area contributed by atoms with Gasteiger partial charge in [-0.3, -0.25) is 4.79 Å². The molecule has 2 saturated heterocycles. The van der Waals surface area contributed by atoms with Gasteiger partial charge in [0.2, 0.25) is 0 Å². The summed E-state index contributed by atoms with van der Waals surface area (Å²) in [6, 6.07) is 0.257. The van der Waals surface area contributed by atoms with Crippen LogP contribution in [0.25, 0.3) is 0 Å². The fraction of sp³-hybridized carbons (Fsp3) is 0.714. The fourth-order valence-electron chi connectivity index (χ4n) is 3.10. The number of imidazole rings is 1. The van der Waals surface area contributed by atoms with Crippen molar-refractivity contribution in [1.29, 1.82) is 0 Å². The summed E-state index contributed by atoms with van der Waals surface area (Å²) in [5.74, 6) is 1.84. The molecule has 0 saturated carbocycles. The second kappa shape index (κ2) is 5.41. The Balaban J connectivity index is 1.74. The number of thioether (sulfide) groups is 1. The zero-order valence-electron chi connectivity index (χ0n) is 11.7. The van der Waals surface area contributed by atoms with Gasteiger partial charge in [-0.25, -0.2) is 4.98 Å². The molecule has 3 rings (SSSR count). The van der Waals surface area contributed by atoms with Crippen LogP contribution < -0.4 is 0 Å². The predicted molar refractivity (Wildman–Crippen MR) is 78.5 cm³/mol. The first-order chi connectivity index (χ1) is 9.60. The lowest BCUT2D eigenvalue weighted by Crippen LogP contribution is -2.53. The number of aliphatic hydroxyl groups is 1. The van der Waals surface area contributed by atoms with Crippen LogP contribution in [0.15, 0.2) is 18.7 Å². The number of hydrogen-bond donors (Lipinski definition) is 1. The van der Waals surface area contributed by atoms with Crippen LogP contribution in [-0.4, -0.2) is 55.7 Å².